The predicted molar refractivity (Wildman–Crippen MR) is 101 cm³/mol. The Labute approximate surface area is 149 Å². The molecule has 6 heteroatoms. The molecule has 22 heavy (non-hydrogen) atoms. The summed E-state index contributed by atoms with van der Waals surface area (Å²) < 4.78 is 10.3. The molecule has 1 rings (SSSR count). The Morgan fingerprint density at radius 1 is 1.23 bits per heavy atom. The minimum Gasteiger partial charge on any atom is -0.481 e. The van der Waals surface area contributed by atoms with Gasteiger partial charge in [0.1, 0.15) is 12.4 Å². The van der Waals surface area contributed by atoms with Gasteiger partial charge < -0.3 is 20.1 Å². The third-order valence-electron chi connectivity index (χ3n) is 2.77. The highest BCUT2D eigenvalue weighted by molar-refractivity contribution is 14.0. The summed E-state index contributed by atoms with van der Waals surface area (Å²) in [6.07, 6.45) is 6.05. The van der Waals surface area contributed by atoms with E-state index in [9.17, 15) is 0 Å². The first-order valence-electron chi connectivity index (χ1n) is 6.88. The van der Waals surface area contributed by atoms with Crippen LogP contribution in [0.1, 0.15) is 5.56 Å². The normalized spacial score (nSPS) is 10.3. The number of guanidine groups is 1. The predicted octanol–water partition coefficient (Wildman–Crippen LogP) is 1.67. The topological polar surface area (TPSA) is 54.9 Å². The van der Waals surface area contributed by atoms with E-state index in [-0.39, 0.29) is 24.0 Å². The van der Waals surface area contributed by atoms with E-state index >= 15 is 0 Å². The Kier molecular flexibility index (Phi) is 12.3. The molecular formula is C16H24IN3O2. The molecule has 1 aromatic rings. The second kappa shape index (κ2) is 13.2. The quantitative estimate of drug-likeness (QED) is 0.222. The van der Waals surface area contributed by atoms with Gasteiger partial charge in [0.15, 0.2) is 5.96 Å². The number of halogens is 1. The van der Waals surface area contributed by atoms with Crippen molar-refractivity contribution in [3.05, 3.63) is 29.8 Å². The second-order valence-electron chi connectivity index (χ2n) is 4.31. The summed E-state index contributed by atoms with van der Waals surface area (Å²) in [5.74, 6) is 4.02. The lowest BCUT2D eigenvalue weighted by molar-refractivity contribution is 0.203. The zero-order valence-electron chi connectivity index (χ0n) is 13.1. The molecule has 0 saturated carbocycles. The fraction of sp³-hybridized carbons (Fsp3) is 0.438. The molecule has 0 heterocycles. The SMILES string of the molecule is C#CCOc1ccc(CCNC(=NC)NCCOC)cc1.I. The number of hydrogen-bond acceptors (Lipinski definition) is 3. The van der Waals surface area contributed by atoms with Crippen LogP contribution in [0.25, 0.3) is 0 Å². The van der Waals surface area contributed by atoms with Crippen LogP contribution in [0.2, 0.25) is 0 Å². The van der Waals surface area contributed by atoms with Gasteiger partial charge in [-0.15, -0.1) is 30.4 Å². The molecule has 0 spiro atoms. The van der Waals surface area contributed by atoms with Crippen LogP contribution in [0, 0.1) is 12.3 Å². The molecule has 0 fully saturated rings. The Balaban J connectivity index is 0.00000441. The van der Waals surface area contributed by atoms with Crippen LogP contribution in [0.5, 0.6) is 5.75 Å². The van der Waals surface area contributed by atoms with Crippen molar-refractivity contribution in [1.82, 2.24) is 10.6 Å². The van der Waals surface area contributed by atoms with Crippen molar-refractivity contribution in [1.29, 1.82) is 0 Å². The number of hydrogen-bond donors (Lipinski definition) is 2. The van der Waals surface area contributed by atoms with Gasteiger partial charge in [0.2, 0.25) is 0 Å². The first-order chi connectivity index (χ1) is 10.3. The zero-order valence-corrected chi connectivity index (χ0v) is 15.4. The number of rotatable bonds is 8. The standard InChI is InChI=1S/C16H23N3O2.HI/c1-4-12-21-15-7-5-14(6-8-15)9-10-18-16(17-2)19-11-13-20-3;/h1,5-8H,9-13H2,2-3H3,(H2,17,18,19);1H. The number of ether oxygens (including phenoxy) is 2. The number of nitrogens with one attached hydrogen (secondary N) is 2. The van der Waals surface area contributed by atoms with Crippen LogP contribution in [0.15, 0.2) is 29.3 Å². The lowest BCUT2D eigenvalue weighted by Crippen LogP contribution is -2.39. The summed E-state index contributed by atoms with van der Waals surface area (Å²) in [5.41, 5.74) is 1.22. The highest BCUT2D eigenvalue weighted by Gasteiger charge is 1.98. The van der Waals surface area contributed by atoms with E-state index in [0.29, 0.717) is 13.2 Å². The Morgan fingerprint density at radius 3 is 2.50 bits per heavy atom. The maximum atomic E-state index is 5.33. The molecule has 0 aliphatic carbocycles. The van der Waals surface area contributed by atoms with Crippen molar-refractivity contribution >= 4 is 29.9 Å². The fourth-order valence-electron chi connectivity index (χ4n) is 1.69. The maximum absolute atomic E-state index is 5.33. The summed E-state index contributed by atoms with van der Waals surface area (Å²) in [4.78, 5) is 4.14. The molecule has 0 aliphatic heterocycles. The summed E-state index contributed by atoms with van der Waals surface area (Å²) >= 11 is 0. The molecular weight excluding hydrogens is 393 g/mol. The smallest absolute Gasteiger partial charge is 0.191 e. The fourth-order valence-corrected chi connectivity index (χ4v) is 1.69. The summed E-state index contributed by atoms with van der Waals surface area (Å²) in [6, 6.07) is 7.93. The van der Waals surface area contributed by atoms with Gasteiger partial charge in [-0.3, -0.25) is 4.99 Å². The Bertz CT molecular complexity index is 469. The third kappa shape index (κ3) is 8.74. The molecule has 2 N–H and O–H groups in total. The van der Waals surface area contributed by atoms with E-state index in [0.717, 1.165) is 31.2 Å². The van der Waals surface area contributed by atoms with Crippen molar-refractivity contribution in [2.75, 3.05) is 40.5 Å². The van der Waals surface area contributed by atoms with E-state index in [1.807, 2.05) is 24.3 Å². The van der Waals surface area contributed by atoms with E-state index < -0.39 is 0 Å². The minimum atomic E-state index is 0. The summed E-state index contributed by atoms with van der Waals surface area (Å²) in [7, 11) is 3.43. The number of terminal acetylenes is 1. The van der Waals surface area contributed by atoms with Crippen molar-refractivity contribution in [2.45, 2.75) is 6.42 Å². The molecule has 0 amide bonds. The van der Waals surface area contributed by atoms with Crippen LogP contribution in [0.4, 0.5) is 0 Å². The summed E-state index contributed by atoms with van der Waals surface area (Å²) in [5, 5.41) is 6.42. The molecule has 0 unspecified atom stereocenters. The average Bonchev–Trinajstić information content (AvgIpc) is 2.52. The molecule has 0 atom stereocenters. The molecule has 1 aromatic carbocycles. The van der Waals surface area contributed by atoms with Crippen LogP contribution in [-0.2, 0) is 11.2 Å². The van der Waals surface area contributed by atoms with Gasteiger partial charge in [-0.2, -0.15) is 0 Å². The van der Waals surface area contributed by atoms with Gasteiger partial charge in [-0.05, 0) is 24.1 Å². The molecule has 0 radical (unpaired) electrons. The van der Waals surface area contributed by atoms with Gasteiger partial charge in [0.25, 0.3) is 0 Å². The Morgan fingerprint density at radius 2 is 1.91 bits per heavy atom. The minimum absolute atomic E-state index is 0. The molecule has 0 bridgehead atoms. The van der Waals surface area contributed by atoms with Crippen molar-refractivity contribution in [3.63, 3.8) is 0 Å². The van der Waals surface area contributed by atoms with Crippen molar-refractivity contribution in [2.24, 2.45) is 4.99 Å². The van der Waals surface area contributed by atoms with Crippen molar-refractivity contribution < 1.29 is 9.47 Å². The van der Waals surface area contributed by atoms with E-state index in [1.165, 1.54) is 5.56 Å². The molecule has 0 aliphatic rings. The van der Waals surface area contributed by atoms with Gasteiger partial charge in [-0.1, -0.05) is 18.1 Å². The van der Waals surface area contributed by atoms with E-state index in [4.69, 9.17) is 15.9 Å². The highest BCUT2D eigenvalue weighted by Crippen LogP contribution is 2.12. The van der Waals surface area contributed by atoms with Crippen LogP contribution in [0.3, 0.4) is 0 Å². The largest absolute Gasteiger partial charge is 0.481 e. The van der Waals surface area contributed by atoms with Gasteiger partial charge in [0.05, 0.1) is 6.61 Å². The molecule has 122 valence electrons. The maximum Gasteiger partial charge on any atom is 0.191 e. The third-order valence-corrected chi connectivity index (χ3v) is 2.77. The lowest BCUT2D eigenvalue weighted by atomic mass is 10.1. The Hall–Kier alpha value is -1.46. The van der Waals surface area contributed by atoms with Gasteiger partial charge in [0, 0.05) is 27.2 Å². The first-order valence-corrected chi connectivity index (χ1v) is 6.88. The molecule has 5 nitrogen and oxygen atoms in total. The van der Waals surface area contributed by atoms with E-state index in [2.05, 4.69) is 21.5 Å². The average molecular weight is 417 g/mol. The monoisotopic (exact) mass is 417 g/mol. The zero-order chi connectivity index (χ0) is 15.3. The van der Waals surface area contributed by atoms with Gasteiger partial charge >= 0.3 is 0 Å². The summed E-state index contributed by atoms with van der Waals surface area (Å²) in [6.45, 7) is 2.48. The first kappa shape index (κ1) is 20.5. The number of nitrogens with zero attached hydrogens (tertiary/aromatic N) is 1. The number of aliphatic imine (C=N–C) groups is 1. The van der Waals surface area contributed by atoms with Gasteiger partial charge in [-0.25, -0.2) is 0 Å². The second-order valence-corrected chi connectivity index (χ2v) is 4.31. The van der Waals surface area contributed by atoms with Crippen LogP contribution < -0.4 is 15.4 Å². The highest BCUT2D eigenvalue weighted by atomic mass is 127. The lowest BCUT2D eigenvalue weighted by Gasteiger charge is -2.11. The van der Waals surface area contributed by atoms with E-state index in [1.54, 1.807) is 14.2 Å². The van der Waals surface area contributed by atoms with Crippen LogP contribution >= 0.6 is 24.0 Å². The molecule has 0 saturated heterocycles. The number of benzene rings is 1. The van der Waals surface area contributed by atoms with Crippen molar-refractivity contribution in [3.8, 4) is 18.1 Å². The number of methoxy groups -OCH3 is 1. The molecule has 0 aromatic heterocycles. The van der Waals surface area contributed by atoms with Crippen LogP contribution in [-0.4, -0.2) is 46.4 Å².